The summed E-state index contributed by atoms with van der Waals surface area (Å²) in [4.78, 5) is 0. The lowest BCUT2D eigenvalue weighted by atomic mass is 9.93. The average molecular weight is 308 g/mol. The standard InChI is InChI=1S/C17H15F2N.ClH/c18-17(19)10-16(20)15-9-11-5-1-2-6-12(11)13-7-3-4-8-14(13)15;/h1-9,16-17H,10,20H2;1H/t16-;/m1./s1. The molecule has 0 aliphatic rings. The van der Waals surface area contributed by atoms with Crippen molar-refractivity contribution < 1.29 is 8.78 Å². The molecule has 3 rings (SSSR count). The zero-order valence-corrected chi connectivity index (χ0v) is 12.1. The van der Waals surface area contributed by atoms with Gasteiger partial charge in [-0.15, -0.1) is 12.4 Å². The van der Waals surface area contributed by atoms with E-state index in [1.54, 1.807) is 0 Å². The zero-order valence-electron chi connectivity index (χ0n) is 11.3. The van der Waals surface area contributed by atoms with Crippen LogP contribution in [-0.2, 0) is 0 Å². The number of hydrogen-bond donors (Lipinski definition) is 1. The van der Waals surface area contributed by atoms with Crippen LogP contribution in [0.5, 0.6) is 0 Å². The summed E-state index contributed by atoms with van der Waals surface area (Å²) in [5, 5.41) is 4.17. The number of nitrogens with two attached hydrogens (primary N) is 1. The number of benzene rings is 3. The largest absolute Gasteiger partial charge is 0.324 e. The Hall–Kier alpha value is -1.71. The molecule has 3 aromatic rings. The highest BCUT2D eigenvalue weighted by Gasteiger charge is 2.16. The first-order chi connectivity index (χ1) is 9.66. The van der Waals surface area contributed by atoms with E-state index in [0.29, 0.717) is 0 Å². The van der Waals surface area contributed by atoms with E-state index in [1.807, 2.05) is 54.6 Å². The Balaban J connectivity index is 0.00000161. The minimum absolute atomic E-state index is 0. The molecule has 0 amide bonds. The van der Waals surface area contributed by atoms with Gasteiger partial charge >= 0.3 is 0 Å². The lowest BCUT2D eigenvalue weighted by Crippen LogP contribution is -2.14. The van der Waals surface area contributed by atoms with E-state index in [4.69, 9.17) is 5.73 Å². The quantitative estimate of drug-likeness (QED) is 0.672. The summed E-state index contributed by atoms with van der Waals surface area (Å²) in [5.74, 6) is 0. The minimum atomic E-state index is -2.39. The van der Waals surface area contributed by atoms with E-state index < -0.39 is 12.5 Å². The van der Waals surface area contributed by atoms with Gasteiger partial charge in [-0.05, 0) is 33.2 Å². The van der Waals surface area contributed by atoms with Gasteiger partial charge in [0.1, 0.15) is 0 Å². The van der Waals surface area contributed by atoms with Crippen molar-refractivity contribution in [3.63, 3.8) is 0 Å². The number of fused-ring (bicyclic) bond motifs is 3. The molecule has 0 saturated heterocycles. The molecule has 0 bridgehead atoms. The number of rotatable bonds is 3. The Labute approximate surface area is 128 Å². The van der Waals surface area contributed by atoms with Crippen molar-refractivity contribution >= 4 is 34.0 Å². The van der Waals surface area contributed by atoms with Crippen molar-refractivity contribution in [3.05, 3.63) is 60.2 Å². The van der Waals surface area contributed by atoms with E-state index in [-0.39, 0.29) is 18.8 Å². The summed E-state index contributed by atoms with van der Waals surface area (Å²) in [6.07, 6.45) is -2.71. The second kappa shape index (κ2) is 6.37. The maximum absolute atomic E-state index is 12.6. The molecule has 0 unspecified atom stereocenters. The molecule has 1 nitrogen and oxygen atoms in total. The van der Waals surface area contributed by atoms with Crippen LogP contribution in [0, 0.1) is 0 Å². The minimum Gasteiger partial charge on any atom is -0.324 e. The van der Waals surface area contributed by atoms with Crippen molar-refractivity contribution in [1.29, 1.82) is 0 Å². The van der Waals surface area contributed by atoms with Gasteiger partial charge in [0.2, 0.25) is 6.43 Å². The molecule has 110 valence electrons. The van der Waals surface area contributed by atoms with Gasteiger partial charge in [-0.2, -0.15) is 0 Å². The smallest absolute Gasteiger partial charge is 0.240 e. The number of alkyl halides is 2. The second-order valence-electron chi connectivity index (χ2n) is 4.97. The van der Waals surface area contributed by atoms with Crippen LogP contribution in [0.4, 0.5) is 8.78 Å². The van der Waals surface area contributed by atoms with Crippen LogP contribution in [0.25, 0.3) is 21.5 Å². The fourth-order valence-electron chi connectivity index (χ4n) is 2.71. The first kappa shape index (κ1) is 15.7. The van der Waals surface area contributed by atoms with Crippen molar-refractivity contribution in [2.45, 2.75) is 18.9 Å². The van der Waals surface area contributed by atoms with Gasteiger partial charge in [0, 0.05) is 12.5 Å². The van der Waals surface area contributed by atoms with E-state index in [2.05, 4.69) is 0 Å². The van der Waals surface area contributed by atoms with Crippen molar-refractivity contribution in [3.8, 4) is 0 Å². The number of hydrogen-bond acceptors (Lipinski definition) is 1. The fourth-order valence-corrected chi connectivity index (χ4v) is 2.71. The van der Waals surface area contributed by atoms with Crippen LogP contribution in [0.2, 0.25) is 0 Å². The van der Waals surface area contributed by atoms with E-state index in [1.165, 1.54) is 0 Å². The Bertz CT molecular complexity index is 758. The van der Waals surface area contributed by atoms with Crippen LogP contribution in [0.3, 0.4) is 0 Å². The Morgan fingerprint density at radius 1 is 0.857 bits per heavy atom. The molecule has 0 aliphatic heterocycles. The van der Waals surface area contributed by atoms with E-state index in [9.17, 15) is 8.78 Å². The molecule has 0 saturated carbocycles. The predicted molar refractivity (Wildman–Crippen MR) is 86.3 cm³/mol. The summed E-state index contributed by atoms with van der Waals surface area (Å²) < 4.78 is 25.2. The second-order valence-corrected chi connectivity index (χ2v) is 4.97. The molecule has 0 fully saturated rings. The van der Waals surface area contributed by atoms with Crippen LogP contribution in [-0.4, -0.2) is 6.43 Å². The van der Waals surface area contributed by atoms with Gasteiger partial charge in [0.15, 0.2) is 0 Å². The van der Waals surface area contributed by atoms with Gasteiger partial charge in [0.25, 0.3) is 0 Å². The monoisotopic (exact) mass is 307 g/mol. The average Bonchev–Trinajstić information content (AvgIpc) is 2.45. The van der Waals surface area contributed by atoms with Crippen LogP contribution in [0.1, 0.15) is 18.0 Å². The topological polar surface area (TPSA) is 26.0 Å². The molecule has 0 aromatic heterocycles. The fraction of sp³-hybridized carbons (Fsp3) is 0.176. The zero-order chi connectivity index (χ0) is 14.1. The molecule has 21 heavy (non-hydrogen) atoms. The van der Waals surface area contributed by atoms with Crippen LogP contribution in [0.15, 0.2) is 54.6 Å². The van der Waals surface area contributed by atoms with Crippen LogP contribution < -0.4 is 5.73 Å². The Morgan fingerprint density at radius 3 is 2.10 bits per heavy atom. The van der Waals surface area contributed by atoms with Crippen molar-refractivity contribution in [1.82, 2.24) is 0 Å². The molecule has 4 heteroatoms. The van der Waals surface area contributed by atoms with Crippen LogP contribution >= 0.6 is 12.4 Å². The summed E-state index contributed by atoms with van der Waals surface area (Å²) >= 11 is 0. The normalized spacial score (nSPS) is 12.6. The third kappa shape index (κ3) is 2.99. The molecular weight excluding hydrogens is 292 g/mol. The SMILES string of the molecule is Cl.N[C@H](CC(F)F)c1cc2ccccc2c2ccccc12. The van der Waals surface area contributed by atoms with E-state index in [0.717, 1.165) is 27.1 Å². The summed E-state index contributed by atoms with van der Waals surface area (Å²) in [5.41, 5.74) is 6.76. The number of halogens is 3. The molecule has 2 N–H and O–H groups in total. The lowest BCUT2D eigenvalue weighted by Gasteiger charge is -2.16. The predicted octanol–water partition coefficient (Wildman–Crippen LogP) is 5.07. The summed E-state index contributed by atoms with van der Waals surface area (Å²) in [6.45, 7) is 0. The highest BCUT2D eigenvalue weighted by molar-refractivity contribution is 6.09. The maximum atomic E-state index is 12.6. The molecule has 1 atom stereocenters. The van der Waals surface area contributed by atoms with Gasteiger partial charge in [-0.25, -0.2) is 8.78 Å². The third-order valence-corrected chi connectivity index (χ3v) is 3.63. The Morgan fingerprint density at radius 2 is 1.43 bits per heavy atom. The first-order valence-electron chi connectivity index (χ1n) is 6.61. The maximum Gasteiger partial charge on any atom is 0.240 e. The highest BCUT2D eigenvalue weighted by Crippen LogP contribution is 2.32. The Kier molecular flexibility index (Phi) is 4.76. The van der Waals surface area contributed by atoms with Crippen molar-refractivity contribution in [2.75, 3.05) is 0 Å². The highest BCUT2D eigenvalue weighted by atomic mass is 35.5. The molecule has 3 aromatic carbocycles. The van der Waals surface area contributed by atoms with Gasteiger partial charge in [-0.1, -0.05) is 48.5 Å². The lowest BCUT2D eigenvalue weighted by molar-refractivity contribution is 0.128. The van der Waals surface area contributed by atoms with Gasteiger partial charge in [-0.3, -0.25) is 0 Å². The van der Waals surface area contributed by atoms with Gasteiger partial charge in [0.05, 0.1) is 0 Å². The van der Waals surface area contributed by atoms with Crippen molar-refractivity contribution in [2.24, 2.45) is 5.73 Å². The molecular formula is C17H16ClF2N. The summed E-state index contributed by atoms with van der Waals surface area (Å²) in [6, 6.07) is 17.1. The third-order valence-electron chi connectivity index (χ3n) is 3.63. The molecule has 0 radical (unpaired) electrons. The van der Waals surface area contributed by atoms with E-state index >= 15 is 0 Å². The molecule has 0 heterocycles. The first-order valence-corrected chi connectivity index (χ1v) is 6.61. The molecule has 0 aliphatic carbocycles. The van der Waals surface area contributed by atoms with Gasteiger partial charge < -0.3 is 5.73 Å². The molecule has 0 spiro atoms. The summed E-state index contributed by atoms with van der Waals surface area (Å²) in [7, 11) is 0.